The van der Waals surface area contributed by atoms with Gasteiger partial charge in [0.2, 0.25) is 0 Å². The molecule has 15 heteroatoms. The van der Waals surface area contributed by atoms with E-state index in [9.17, 15) is 43.6 Å². The van der Waals surface area contributed by atoms with Crippen LogP contribution >= 0.6 is 0 Å². The second-order valence-electron chi connectivity index (χ2n) is 9.04. The van der Waals surface area contributed by atoms with Crippen LogP contribution in [0.3, 0.4) is 0 Å². The van der Waals surface area contributed by atoms with Crippen molar-refractivity contribution >= 4 is 31.3 Å². The first-order valence-electron chi connectivity index (χ1n) is 11.8. The Kier molecular flexibility index (Phi) is 8.85. The minimum absolute atomic E-state index is 0.0237. The van der Waals surface area contributed by atoms with E-state index in [4.69, 9.17) is 4.74 Å². The van der Waals surface area contributed by atoms with Gasteiger partial charge in [0.1, 0.15) is 10.6 Å². The van der Waals surface area contributed by atoms with Crippen molar-refractivity contribution < 1.29 is 48.3 Å². The molecule has 1 unspecified atom stereocenters. The maximum atomic E-state index is 14.8. The van der Waals surface area contributed by atoms with E-state index >= 15 is 0 Å². The van der Waals surface area contributed by atoms with Gasteiger partial charge in [-0.05, 0) is 43.7 Å². The number of hydrogen-bond acceptors (Lipinski definition) is 7. The minimum atomic E-state index is -4.74. The Labute approximate surface area is 223 Å². The van der Waals surface area contributed by atoms with Gasteiger partial charge in [0.25, 0.3) is 5.91 Å². The van der Waals surface area contributed by atoms with Crippen LogP contribution in [0.5, 0.6) is 5.75 Å². The van der Waals surface area contributed by atoms with Crippen molar-refractivity contribution in [2.45, 2.75) is 42.3 Å². The summed E-state index contributed by atoms with van der Waals surface area (Å²) in [6.45, 7) is 2.13. The molecular formula is C24H27F5N2O6S2. The fraction of sp³-hybridized carbons (Fsp3) is 0.458. The predicted octanol–water partition coefficient (Wildman–Crippen LogP) is 3.84. The molecule has 1 saturated heterocycles. The van der Waals surface area contributed by atoms with E-state index in [2.05, 4.69) is 0 Å². The van der Waals surface area contributed by atoms with Crippen molar-refractivity contribution in [3.8, 4) is 5.75 Å². The Morgan fingerprint density at radius 1 is 1.00 bits per heavy atom. The van der Waals surface area contributed by atoms with Crippen molar-refractivity contribution in [3.05, 3.63) is 47.5 Å². The number of nitrogens with zero attached hydrogens (tertiary/aromatic N) is 2. The average molecular weight is 599 g/mol. The van der Waals surface area contributed by atoms with E-state index in [1.165, 1.54) is 9.80 Å². The Bertz CT molecular complexity index is 1450. The highest BCUT2D eigenvalue weighted by atomic mass is 32.2. The predicted molar refractivity (Wildman–Crippen MR) is 133 cm³/mol. The summed E-state index contributed by atoms with van der Waals surface area (Å²) < 4.78 is 122. The Morgan fingerprint density at radius 2 is 1.62 bits per heavy atom. The van der Waals surface area contributed by atoms with Crippen LogP contribution in [0.25, 0.3) is 0 Å². The number of piperazine rings is 1. The maximum absolute atomic E-state index is 14.8. The summed E-state index contributed by atoms with van der Waals surface area (Å²) in [5, 5.41) is 0. The van der Waals surface area contributed by atoms with E-state index in [1.54, 1.807) is 6.92 Å². The van der Waals surface area contributed by atoms with E-state index in [0.717, 1.165) is 43.5 Å². The molecule has 1 fully saturated rings. The molecule has 1 atom stereocenters. The number of benzene rings is 2. The van der Waals surface area contributed by atoms with Gasteiger partial charge in [0.15, 0.2) is 37.4 Å². The monoisotopic (exact) mass is 598 g/mol. The van der Waals surface area contributed by atoms with E-state index in [1.807, 2.05) is 0 Å². The van der Waals surface area contributed by atoms with Crippen LogP contribution in [0.4, 0.5) is 27.6 Å². The molecule has 0 bridgehead atoms. The number of anilines is 1. The zero-order valence-electron chi connectivity index (χ0n) is 21.3. The first-order valence-corrected chi connectivity index (χ1v) is 15.3. The van der Waals surface area contributed by atoms with Crippen LogP contribution in [0.15, 0.2) is 40.1 Å². The Morgan fingerprint density at radius 3 is 2.15 bits per heavy atom. The van der Waals surface area contributed by atoms with E-state index < -0.39 is 65.7 Å². The lowest BCUT2D eigenvalue weighted by Crippen LogP contribution is -2.49. The molecule has 0 N–H and O–H groups in total. The molecule has 3 rings (SSSR count). The first-order chi connectivity index (χ1) is 18.0. The molecule has 0 spiro atoms. The Hall–Kier alpha value is -2.94. The first kappa shape index (κ1) is 30.6. The van der Waals surface area contributed by atoms with E-state index in [0.29, 0.717) is 0 Å². The second-order valence-corrected chi connectivity index (χ2v) is 13.1. The molecule has 1 heterocycles. The molecule has 39 heavy (non-hydrogen) atoms. The standard InChI is InChI=1S/C24H27F5N2O6S2/c1-4-13-39(35,36)20-8-6-18(21(25)22(20)26)30-9-11-31(12-10-30)23(32)17-14-16(38(3,33)34)5-7-19(17)37-15(2)24(27,28)29/h5-8,14-15H,4,9-13H2,1-3H3. The lowest BCUT2D eigenvalue weighted by molar-refractivity contribution is -0.189. The quantitative estimate of drug-likeness (QED) is 0.426. The molecule has 0 aromatic heterocycles. The number of halogens is 5. The highest BCUT2D eigenvalue weighted by Gasteiger charge is 2.39. The number of amides is 1. The molecule has 2 aromatic rings. The van der Waals surface area contributed by atoms with Crippen LogP contribution < -0.4 is 9.64 Å². The number of sulfone groups is 2. The molecule has 216 valence electrons. The van der Waals surface area contributed by atoms with Crippen molar-refractivity contribution in [2.75, 3.05) is 43.1 Å². The summed E-state index contributed by atoms with van der Waals surface area (Å²) in [5.41, 5.74) is -0.609. The van der Waals surface area contributed by atoms with Crippen LogP contribution in [0, 0.1) is 11.6 Å². The fourth-order valence-corrected chi connectivity index (χ4v) is 6.01. The molecule has 1 aliphatic rings. The van der Waals surface area contributed by atoms with Crippen LogP contribution in [0.1, 0.15) is 30.6 Å². The second kappa shape index (κ2) is 11.3. The third-order valence-electron chi connectivity index (χ3n) is 6.12. The number of carbonyl (C=O) groups excluding carboxylic acids is 1. The largest absolute Gasteiger partial charge is 0.480 e. The van der Waals surface area contributed by atoms with Crippen molar-refractivity contribution in [1.29, 1.82) is 0 Å². The molecule has 0 radical (unpaired) electrons. The van der Waals surface area contributed by atoms with Crippen molar-refractivity contribution in [2.24, 2.45) is 0 Å². The lowest BCUT2D eigenvalue weighted by atomic mass is 10.1. The summed E-state index contributed by atoms with van der Waals surface area (Å²) in [4.78, 5) is 14.8. The summed E-state index contributed by atoms with van der Waals surface area (Å²) >= 11 is 0. The molecule has 2 aromatic carbocycles. The molecule has 1 amide bonds. The third-order valence-corrected chi connectivity index (χ3v) is 9.16. The normalized spacial score (nSPS) is 15.8. The summed E-state index contributed by atoms with van der Waals surface area (Å²) in [6, 6.07) is 5.07. The molecule has 0 saturated carbocycles. The lowest BCUT2D eigenvalue weighted by Gasteiger charge is -2.36. The summed E-state index contributed by atoms with van der Waals surface area (Å²) in [7, 11) is -7.82. The number of hydrogen-bond donors (Lipinski definition) is 0. The zero-order chi connectivity index (χ0) is 29.3. The van der Waals surface area contributed by atoms with Crippen LogP contribution in [0.2, 0.25) is 0 Å². The van der Waals surface area contributed by atoms with Gasteiger partial charge < -0.3 is 14.5 Å². The van der Waals surface area contributed by atoms with Crippen molar-refractivity contribution in [1.82, 2.24) is 4.90 Å². The smallest absolute Gasteiger partial charge is 0.425 e. The van der Waals surface area contributed by atoms with Gasteiger partial charge in [0.05, 0.1) is 21.9 Å². The zero-order valence-corrected chi connectivity index (χ0v) is 22.9. The molecule has 8 nitrogen and oxygen atoms in total. The Balaban J connectivity index is 1.85. The van der Waals surface area contributed by atoms with Crippen LogP contribution in [-0.4, -0.2) is 78.1 Å². The van der Waals surface area contributed by atoms with Crippen LogP contribution in [-0.2, 0) is 19.7 Å². The highest BCUT2D eigenvalue weighted by Crippen LogP contribution is 2.31. The number of carbonyl (C=O) groups is 1. The average Bonchev–Trinajstić information content (AvgIpc) is 2.84. The molecule has 1 aliphatic heterocycles. The van der Waals surface area contributed by atoms with Gasteiger partial charge in [-0.1, -0.05) is 6.92 Å². The highest BCUT2D eigenvalue weighted by molar-refractivity contribution is 7.91. The molecule has 0 aliphatic carbocycles. The molecular weight excluding hydrogens is 571 g/mol. The van der Waals surface area contributed by atoms with Crippen molar-refractivity contribution in [3.63, 3.8) is 0 Å². The summed E-state index contributed by atoms with van der Waals surface area (Å²) in [5.74, 6) is -4.48. The van der Waals surface area contributed by atoms with Gasteiger partial charge in [-0.2, -0.15) is 13.2 Å². The number of rotatable bonds is 8. The van der Waals surface area contributed by atoms with Gasteiger partial charge in [0, 0.05) is 32.4 Å². The number of alkyl halides is 3. The van der Waals surface area contributed by atoms with Gasteiger partial charge in [-0.3, -0.25) is 4.79 Å². The topological polar surface area (TPSA) is 101 Å². The third kappa shape index (κ3) is 6.80. The van der Waals surface area contributed by atoms with Gasteiger partial charge >= 0.3 is 6.18 Å². The fourth-order valence-electron chi connectivity index (χ4n) is 3.97. The van der Waals surface area contributed by atoms with Gasteiger partial charge in [-0.15, -0.1) is 0 Å². The van der Waals surface area contributed by atoms with E-state index in [-0.39, 0.29) is 48.9 Å². The summed E-state index contributed by atoms with van der Waals surface area (Å²) in [6.07, 6.45) is -5.94. The van der Waals surface area contributed by atoms with Gasteiger partial charge in [-0.25, -0.2) is 25.6 Å². The minimum Gasteiger partial charge on any atom is -0.480 e. The maximum Gasteiger partial charge on any atom is 0.425 e. The number of ether oxygens (including phenoxy) is 1. The SMILES string of the molecule is CCCS(=O)(=O)c1ccc(N2CCN(C(=O)c3cc(S(C)(=O)=O)ccc3OC(C)C(F)(F)F)CC2)c(F)c1F.